The molecular weight excluding hydrogens is 356 g/mol. The molecule has 4 heterocycles. The summed E-state index contributed by atoms with van der Waals surface area (Å²) in [6.07, 6.45) is 3.61. The molecule has 28 heavy (non-hydrogen) atoms. The van der Waals surface area contributed by atoms with E-state index >= 15 is 0 Å². The highest BCUT2D eigenvalue weighted by Gasteiger charge is 2.16. The third-order valence-corrected chi connectivity index (χ3v) is 4.77. The Morgan fingerprint density at radius 2 is 1.93 bits per heavy atom. The lowest BCUT2D eigenvalue weighted by atomic mass is 9.96. The van der Waals surface area contributed by atoms with E-state index in [0.717, 1.165) is 11.1 Å². The molecule has 2 N–H and O–H groups in total. The van der Waals surface area contributed by atoms with Crippen molar-refractivity contribution in [2.75, 3.05) is 0 Å². The molecule has 0 spiro atoms. The van der Waals surface area contributed by atoms with Crippen molar-refractivity contribution < 1.29 is 5.11 Å². The fourth-order valence-corrected chi connectivity index (χ4v) is 3.29. The van der Waals surface area contributed by atoms with Crippen LogP contribution >= 0.6 is 0 Å². The molecule has 1 unspecified atom stereocenters. The van der Waals surface area contributed by atoms with Gasteiger partial charge in [0, 0.05) is 23.2 Å². The molecule has 4 aromatic heterocycles. The molecule has 142 valence electrons. The molecule has 0 saturated heterocycles. The Bertz CT molecular complexity index is 1230. The van der Waals surface area contributed by atoms with E-state index in [1.807, 2.05) is 32.9 Å². The molecule has 0 aromatic carbocycles. The minimum atomic E-state index is -0.169. The van der Waals surface area contributed by atoms with Gasteiger partial charge >= 0.3 is 0 Å². The molecule has 0 bridgehead atoms. The van der Waals surface area contributed by atoms with Crippen molar-refractivity contribution >= 4 is 22.1 Å². The van der Waals surface area contributed by atoms with Crippen LogP contribution in [0.15, 0.2) is 35.5 Å². The van der Waals surface area contributed by atoms with Gasteiger partial charge in [-0.3, -0.25) is 4.79 Å². The summed E-state index contributed by atoms with van der Waals surface area (Å²) in [4.78, 5) is 27.9. The second-order valence-electron chi connectivity index (χ2n) is 7.27. The van der Waals surface area contributed by atoms with Gasteiger partial charge in [-0.1, -0.05) is 20.8 Å². The quantitative estimate of drug-likeness (QED) is 0.562. The maximum Gasteiger partial charge on any atom is 0.253 e. The molecule has 0 aliphatic heterocycles. The van der Waals surface area contributed by atoms with E-state index in [2.05, 4.69) is 30.1 Å². The van der Waals surface area contributed by atoms with Gasteiger partial charge in [0.1, 0.15) is 23.2 Å². The largest absolute Gasteiger partial charge is 0.506 e. The lowest BCUT2D eigenvalue weighted by Crippen LogP contribution is -2.17. The maximum absolute atomic E-state index is 12.4. The minimum Gasteiger partial charge on any atom is -0.506 e. The Labute approximate surface area is 160 Å². The highest BCUT2D eigenvalue weighted by molar-refractivity contribution is 5.76. The molecule has 0 saturated carbocycles. The number of pyridine rings is 2. The minimum absolute atomic E-state index is 0.0817. The van der Waals surface area contributed by atoms with Crippen molar-refractivity contribution in [3.8, 4) is 5.75 Å². The van der Waals surface area contributed by atoms with Crippen LogP contribution in [0.3, 0.4) is 0 Å². The van der Waals surface area contributed by atoms with Crippen molar-refractivity contribution in [3.63, 3.8) is 0 Å². The van der Waals surface area contributed by atoms with Gasteiger partial charge in [0.25, 0.3) is 5.56 Å². The van der Waals surface area contributed by atoms with Crippen molar-refractivity contribution in [3.05, 3.63) is 58.0 Å². The molecule has 0 amide bonds. The van der Waals surface area contributed by atoms with Crippen LogP contribution in [0.1, 0.15) is 49.6 Å². The Balaban J connectivity index is 1.68. The zero-order chi connectivity index (χ0) is 19.8. The Kier molecular flexibility index (Phi) is 4.46. The molecule has 0 aliphatic rings. The number of fused-ring (bicyclic) bond motifs is 2. The van der Waals surface area contributed by atoms with E-state index < -0.39 is 0 Å². The molecule has 8 nitrogen and oxygen atoms in total. The number of nitrogens with zero attached hydrogens (tertiary/aromatic N) is 5. The van der Waals surface area contributed by atoms with Crippen molar-refractivity contribution in [1.82, 2.24) is 30.1 Å². The highest BCUT2D eigenvalue weighted by atomic mass is 16.3. The van der Waals surface area contributed by atoms with Gasteiger partial charge in [0.15, 0.2) is 0 Å². The van der Waals surface area contributed by atoms with E-state index in [1.165, 1.54) is 6.33 Å². The molecular formula is C20H20N6O2. The molecule has 4 rings (SSSR count). The van der Waals surface area contributed by atoms with Gasteiger partial charge in [-0.25, -0.2) is 15.0 Å². The first kappa shape index (κ1) is 18.0. The van der Waals surface area contributed by atoms with E-state index in [0.29, 0.717) is 34.4 Å². The first-order valence-electron chi connectivity index (χ1n) is 9.11. The number of aromatic amines is 1. The second kappa shape index (κ2) is 6.95. The van der Waals surface area contributed by atoms with Crippen LogP contribution in [0.5, 0.6) is 5.75 Å². The van der Waals surface area contributed by atoms with Crippen LogP contribution in [-0.4, -0.2) is 35.2 Å². The molecule has 0 radical (unpaired) electrons. The average Bonchev–Trinajstić information content (AvgIpc) is 2.66. The van der Waals surface area contributed by atoms with Crippen molar-refractivity contribution in [1.29, 1.82) is 0 Å². The van der Waals surface area contributed by atoms with Gasteiger partial charge in [0.05, 0.1) is 16.9 Å². The normalized spacial score (nSPS) is 12.7. The topological polar surface area (TPSA) is 118 Å². The van der Waals surface area contributed by atoms with Crippen LogP contribution in [0, 0.1) is 0 Å². The molecule has 0 fully saturated rings. The molecule has 0 aliphatic carbocycles. The van der Waals surface area contributed by atoms with Gasteiger partial charge in [-0.15, -0.1) is 5.10 Å². The number of nitrogens with one attached hydrogen (secondary N) is 1. The molecule has 1 atom stereocenters. The fourth-order valence-electron chi connectivity index (χ4n) is 3.29. The predicted molar refractivity (Wildman–Crippen MR) is 105 cm³/mol. The number of hydrogen-bond acceptors (Lipinski definition) is 7. The summed E-state index contributed by atoms with van der Waals surface area (Å²) in [6, 6.07) is 5.27. The van der Waals surface area contributed by atoms with Crippen LogP contribution in [0.25, 0.3) is 22.1 Å². The number of aromatic nitrogens is 6. The van der Waals surface area contributed by atoms with Crippen molar-refractivity contribution in [2.24, 2.45) is 0 Å². The summed E-state index contributed by atoms with van der Waals surface area (Å²) in [5, 5.41) is 19.3. The van der Waals surface area contributed by atoms with Gasteiger partial charge in [0.2, 0.25) is 0 Å². The fraction of sp³-hybridized carbons (Fsp3) is 0.300. The third-order valence-electron chi connectivity index (χ3n) is 4.77. The van der Waals surface area contributed by atoms with Crippen LogP contribution in [0.4, 0.5) is 0 Å². The first-order chi connectivity index (χ1) is 13.4. The molecule has 8 heteroatoms. The van der Waals surface area contributed by atoms with E-state index in [1.54, 1.807) is 12.3 Å². The zero-order valence-corrected chi connectivity index (χ0v) is 15.8. The number of H-pyrrole nitrogens is 1. The SMILES string of the molecule is CC(C)c1nc2cc(CC(C)c3cc4cncnc4[nH]c3=O)nnc2cc1O. The van der Waals surface area contributed by atoms with E-state index in [4.69, 9.17) is 0 Å². The zero-order valence-electron chi connectivity index (χ0n) is 15.8. The summed E-state index contributed by atoms with van der Waals surface area (Å²) in [7, 11) is 0. The molecule has 4 aromatic rings. The van der Waals surface area contributed by atoms with Crippen molar-refractivity contribution in [2.45, 2.75) is 39.0 Å². The second-order valence-corrected chi connectivity index (χ2v) is 7.27. The Hall–Kier alpha value is -3.42. The first-order valence-corrected chi connectivity index (χ1v) is 9.11. The standard InChI is InChI=1S/C20H20N6O2/c1-10(2)18-17(27)7-16-15(23-18)6-13(25-26-16)4-11(3)14-5-12-8-21-9-22-19(12)24-20(14)28/h5-11,27H,4H2,1-3H3,(H,21,22,24,28). The predicted octanol–water partition coefficient (Wildman–Crippen LogP) is 2.83. The maximum atomic E-state index is 12.4. The summed E-state index contributed by atoms with van der Waals surface area (Å²) >= 11 is 0. The van der Waals surface area contributed by atoms with Gasteiger partial charge in [-0.2, -0.15) is 5.10 Å². The van der Waals surface area contributed by atoms with E-state index in [9.17, 15) is 9.90 Å². The Morgan fingerprint density at radius 1 is 1.11 bits per heavy atom. The third kappa shape index (κ3) is 3.28. The number of rotatable bonds is 4. The lowest BCUT2D eigenvalue weighted by Gasteiger charge is -2.12. The summed E-state index contributed by atoms with van der Waals surface area (Å²) in [6.45, 7) is 5.91. The summed E-state index contributed by atoms with van der Waals surface area (Å²) in [5.41, 5.74) is 3.58. The van der Waals surface area contributed by atoms with Crippen LogP contribution in [0.2, 0.25) is 0 Å². The Morgan fingerprint density at radius 3 is 2.71 bits per heavy atom. The monoisotopic (exact) mass is 376 g/mol. The highest BCUT2D eigenvalue weighted by Crippen LogP contribution is 2.27. The summed E-state index contributed by atoms with van der Waals surface area (Å²) < 4.78 is 0. The number of aromatic hydroxyl groups is 1. The van der Waals surface area contributed by atoms with E-state index in [-0.39, 0.29) is 23.1 Å². The summed E-state index contributed by atoms with van der Waals surface area (Å²) in [5.74, 6) is 0.142. The lowest BCUT2D eigenvalue weighted by molar-refractivity contribution is 0.461. The van der Waals surface area contributed by atoms with Crippen LogP contribution < -0.4 is 5.56 Å². The van der Waals surface area contributed by atoms with Gasteiger partial charge < -0.3 is 10.1 Å². The average molecular weight is 376 g/mol. The van der Waals surface area contributed by atoms with Gasteiger partial charge in [-0.05, 0) is 30.4 Å². The smallest absolute Gasteiger partial charge is 0.253 e. The van der Waals surface area contributed by atoms with Crippen LogP contribution in [-0.2, 0) is 6.42 Å². The number of hydrogen-bond donors (Lipinski definition) is 2.